The molecule has 1 amide bonds. The monoisotopic (exact) mass is 525 g/mol. The molecule has 5 aromatic rings. The van der Waals surface area contributed by atoms with Gasteiger partial charge in [0.25, 0.3) is 5.91 Å². The number of pyridine rings is 1. The summed E-state index contributed by atoms with van der Waals surface area (Å²) >= 11 is 0. The van der Waals surface area contributed by atoms with E-state index in [4.69, 9.17) is 15.5 Å². The van der Waals surface area contributed by atoms with Gasteiger partial charge in [-0.15, -0.1) is 0 Å². The van der Waals surface area contributed by atoms with Crippen LogP contribution < -0.4 is 15.8 Å². The molecule has 1 saturated carbocycles. The summed E-state index contributed by atoms with van der Waals surface area (Å²) in [5, 5.41) is 8.64. The van der Waals surface area contributed by atoms with Crippen LogP contribution in [0.1, 0.15) is 51.8 Å². The summed E-state index contributed by atoms with van der Waals surface area (Å²) in [5.41, 5.74) is 9.44. The van der Waals surface area contributed by atoms with Gasteiger partial charge in [0.1, 0.15) is 23.1 Å². The molecule has 1 aliphatic carbocycles. The number of imidazole rings is 1. The highest BCUT2D eigenvalue weighted by molar-refractivity contribution is 5.97. The molecule has 39 heavy (non-hydrogen) atoms. The molecule has 1 aliphatic rings. The Balaban J connectivity index is 1.15. The Morgan fingerprint density at radius 3 is 2.56 bits per heavy atom. The Kier molecular flexibility index (Phi) is 6.44. The van der Waals surface area contributed by atoms with Crippen molar-refractivity contribution in [3.8, 4) is 5.75 Å². The first-order chi connectivity index (χ1) is 19.0. The molecular weight excluding hydrogens is 497 g/mol. The first kappa shape index (κ1) is 24.6. The van der Waals surface area contributed by atoms with Crippen LogP contribution in [0.3, 0.4) is 0 Å². The van der Waals surface area contributed by atoms with Crippen molar-refractivity contribution >= 4 is 22.5 Å². The van der Waals surface area contributed by atoms with Gasteiger partial charge in [-0.3, -0.25) is 9.48 Å². The molecule has 9 nitrogen and oxygen atoms in total. The lowest BCUT2D eigenvalue weighted by Crippen LogP contribution is -2.23. The Morgan fingerprint density at radius 1 is 1.10 bits per heavy atom. The highest BCUT2D eigenvalue weighted by atomic mass is 19.1. The van der Waals surface area contributed by atoms with Crippen LogP contribution >= 0.6 is 0 Å². The molecule has 0 bridgehead atoms. The third kappa shape index (κ3) is 5.31. The maximum atomic E-state index is 13.2. The molecule has 3 heterocycles. The number of hydrogen-bond donors (Lipinski definition) is 2. The summed E-state index contributed by atoms with van der Waals surface area (Å²) in [4.78, 5) is 21.9. The van der Waals surface area contributed by atoms with E-state index < -0.39 is 0 Å². The highest BCUT2D eigenvalue weighted by Crippen LogP contribution is 2.39. The summed E-state index contributed by atoms with van der Waals surface area (Å²) in [7, 11) is 1.59. The quantitative estimate of drug-likeness (QED) is 0.297. The first-order valence-electron chi connectivity index (χ1n) is 12.8. The smallest absolute Gasteiger partial charge is 0.271 e. The highest BCUT2D eigenvalue weighted by Gasteiger charge is 2.30. The van der Waals surface area contributed by atoms with Gasteiger partial charge in [0.2, 0.25) is 0 Å². The molecule has 10 heteroatoms. The summed E-state index contributed by atoms with van der Waals surface area (Å²) in [6.07, 6.45) is 8.21. The normalized spacial score (nSPS) is 13.1. The van der Waals surface area contributed by atoms with Crippen molar-refractivity contribution in [2.24, 2.45) is 0 Å². The van der Waals surface area contributed by atoms with E-state index in [1.54, 1.807) is 18.0 Å². The lowest BCUT2D eigenvalue weighted by atomic mass is 10.1. The Labute approximate surface area is 224 Å². The molecular formula is C29H28FN7O2. The van der Waals surface area contributed by atoms with E-state index in [0.29, 0.717) is 42.8 Å². The van der Waals surface area contributed by atoms with Gasteiger partial charge in [-0.05, 0) is 53.1 Å². The van der Waals surface area contributed by atoms with Crippen molar-refractivity contribution in [3.63, 3.8) is 0 Å². The summed E-state index contributed by atoms with van der Waals surface area (Å²) < 4.78 is 22.4. The SMILES string of the molecule is COc1cc(CNC(=O)c2cn(Cc3ccc(Cn4cc(F)cn4)cc3)c(C3CC3)n2)cc2ccnc(N)c12. The second-order valence-electron chi connectivity index (χ2n) is 9.83. The van der Waals surface area contributed by atoms with Gasteiger partial charge in [-0.1, -0.05) is 24.3 Å². The van der Waals surface area contributed by atoms with Crippen LogP contribution in [0.2, 0.25) is 0 Å². The lowest BCUT2D eigenvalue weighted by Gasteiger charge is -2.11. The number of halogens is 1. The van der Waals surface area contributed by atoms with Crippen LogP contribution in [0.5, 0.6) is 5.75 Å². The second kappa shape index (κ2) is 10.2. The third-order valence-corrected chi connectivity index (χ3v) is 6.89. The van der Waals surface area contributed by atoms with Crippen LogP contribution in [-0.2, 0) is 19.6 Å². The Morgan fingerprint density at radius 2 is 1.87 bits per heavy atom. The molecule has 3 N–H and O–H groups in total. The minimum absolute atomic E-state index is 0.231. The molecule has 3 aromatic heterocycles. The molecule has 0 aliphatic heterocycles. The molecule has 0 radical (unpaired) electrons. The number of ether oxygens (including phenoxy) is 1. The van der Waals surface area contributed by atoms with Crippen molar-refractivity contribution in [1.29, 1.82) is 0 Å². The van der Waals surface area contributed by atoms with E-state index in [1.807, 2.05) is 48.7 Å². The van der Waals surface area contributed by atoms with Crippen LogP contribution in [0.25, 0.3) is 10.8 Å². The number of carbonyl (C=O) groups is 1. The lowest BCUT2D eigenvalue weighted by molar-refractivity contribution is 0.0946. The van der Waals surface area contributed by atoms with Gasteiger partial charge in [0.05, 0.1) is 31.4 Å². The fourth-order valence-corrected chi connectivity index (χ4v) is 4.79. The number of fused-ring (bicyclic) bond motifs is 1. The summed E-state index contributed by atoms with van der Waals surface area (Å²) in [5.74, 6) is 1.76. The van der Waals surface area contributed by atoms with Crippen LogP contribution in [-0.4, -0.2) is 37.3 Å². The number of hydrogen-bond acceptors (Lipinski definition) is 6. The van der Waals surface area contributed by atoms with E-state index >= 15 is 0 Å². The summed E-state index contributed by atoms with van der Waals surface area (Å²) in [6.45, 7) is 1.43. The maximum Gasteiger partial charge on any atom is 0.271 e. The fourth-order valence-electron chi connectivity index (χ4n) is 4.79. The largest absolute Gasteiger partial charge is 0.496 e. The third-order valence-electron chi connectivity index (χ3n) is 6.89. The number of amides is 1. The zero-order valence-corrected chi connectivity index (χ0v) is 21.5. The van der Waals surface area contributed by atoms with Crippen molar-refractivity contribution in [2.75, 3.05) is 12.8 Å². The fraction of sp³-hybridized carbons (Fsp3) is 0.241. The average Bonchev–Trinajstić information content (AvgIpc) is 3.57. The predicted octanol–water partition coefficient (Wildman–Crippen LogP) is 4.26. The minimum Gasteiger partial charge on any atom is -0.496 e. The number of anilines is 1. The van der Waals surface area contributed by atoms with Crippen molar-refractivity contribution in [2.45, 2.75) is 38.4 Å². The number of aromatic nitrogens is 5. The zero-order chi connectivity index (χ0) is 26.9. The number of rotatable bonds is 9. The summed E-state index contributed by atoms with van der Waals surface area (Å²) in [6, 6.07) is 13.8. The predicted molar refractivity (Wildman–Crippen MR) is 145 cm³/mol. The van der Waals surface area contributed by atoms with Gasteiger partial charge in [-0.2, -0.15) is 5.10 Å². The number of benzene rings is 2. The first-order valence-corrected chi connectivity index (χ1v) is 12.8. The molecule has 1 fully saturated rings. The van der Waals surface area contributed by atoms with E-state index in [2.05, 4.69) is 20.0 Å². The standard InChI is InChI=1S/C29H28FN7O2/c1-39-25-11-20(10-22-8-9-32-27(31)26(22)25)12-33-29(38)24-17-36(28(35-24)21-6-7-21)14-18-2-4-19(5-3-18)15-37-16-23(30)13-34-37/h2-5,8-11,13,16-17,21H,6-7,12,14-15H2,1H3,(H2,31,32)(H,33,38). The molecule has 0 unspecified atom stereocenters. The second-order valence-corrected chi connectivity index (χ2v) is 9.83. The maximum absolute atomic E-state index is 13.2. The number of methoxy groups -OCH3 is 1. The topological polar surface area (TPSA) is 113 Å². The Hall–Kier alpha value is -4.73. The number of nitrogens with one attached hydrogen (secondary N) is 1. The van der Waals surface area contributed by atoms with Crippen LogP contribution in [0, 0.1) is 5.82 Å². The number of nitrogen functional groups attached to an aromatic ring is 1. The minimum atomic E-state index is -0.348. The molecule has 6 rings (SSSR count). The van der Waals surface area contributed by atoms with Crippen LogP contribution in [0.15, 0.2) is 67.3 Å². The van der Waals surface area contributed by atoms with Gasteiger partial charge >= 0.3 is 0 Å². The van der Waals surface area contributed by atoms with Gasteiger partial charge in [0, 0.05) is 31.4 Å². The molecule has 0 saturated heterocycles. The van der Waals surface area contributed by atoms with E-state index in [-0.39, 0.29) is 11.7 Å². The number of nitrogens with two attached hydrogens (primary N) is 1. The molecule has 0 atom stereocenters. The van der Waals surface area contributed by atoms with Crippen molar-refractivity contribution < 1.29 is 13.9 Å². The van der Waals surface area contributed by atoms with E-state index in [1.165, 1.54) is 12.4 Å². The number of nitrogens with zero attached hydrogens (tertiary/aromatic N) is 5. The van der Waals surface area contributed by atoms with Crippen LogP contribution in [0.4, 0.5) is 10.2 Å². The molecule has 2 aromatic carbocycles. The van der Waals surface area contributed by atoms with E-state index in [9.17, 15) is 9.18 Å². The molecule has 0 spiro atoms. The average molecular weight is 526 g/mol. The zero-order valence-electron chi connectivity index (χ0n) is 21.5. The number of carbonyl (C=O) groups excluding carboxylic acids is 1. The van der Waals surface area contributed by atoms with Gasteiger partial charge < -0.3 is 20.4 Å². The molecule has 198 valence electrons. The Bertz CT molecular complexity index is 1650. The van der Waals surface area contributed by atoms with Crippen molar-refractivity contribution in [1.82, 2.24) is 29.6 Å². The van der Waals surface area contributed by atoms with E-state index in [0.717, 1.165) is 46.1 Å². The van der Waals surface area contributed by atoms with Crippen molar-refractivity contribution in [3.05, 3.63) is 101 Å². The van der Waals surface area contributed by atoms with Gasteiger partial charge in [-0.25, -0.2) is 14.4 Å². The van der Waals surface area contributed by atoms with Gasteiger partial charge in [0.15, 0.2) is 5.82 Å².